The summed E-state index contributed by atoms with van der Waals surface area (Å²) in [5, 5.41) is 2.81. The van der Waals surface area contributed by atoms with Crippen LogP contribution >= 0.6 is 0 Å². The third kappa shape index (κ3) is 40.0. The molecule has 0 radical (unpaired) electrons. The molecule has 0 aromatic carbocycles. The van der Waals surface area contributed by atoms with E-state index in [1.165, 1.54) is 70.6 Å². The van der Waals surface area contributed by atoms with Gasteiger partial charge in [-0.3, -0.25) is 0 Å². The van der Waals surface area contributed by atoms with Gasteiger partial charge in [0.1, 0.15) is 12.7 Å². The second-order valence-corrected chi connectivity index (χ2v) is 13.3. The Morgan fingerprint density at radius 2 is 1.00 bits per heavy atom. The maximum Gasteiger partial charge on any atom is 0.407 e. The van der Waals surface area contributed by atoms with Crippen molar-refractivity contribution in [2.24, 2.45) is 0 Å². The van der Waals surface area contributed by atoms with E-state index in [1.54, 1.807) is 0 Å². The zero-order valence-corrected chi connectivity index (χ0v) is 33.0. The van der Waals surface area contributed by atoms with Gasteiger partial charge < -0.3 is 24.4 Å². The number of unbranched alkanes of at least 4 members (excludes halogenated alkanes) is 12. The molecule has 6 heteroatoms. The zero-order chi connectivity index (χ0) is 36.4. The molecule has 0 rings (SSSR count). The van der Waals surface area contributed by atoms with E-state index in [-0.39, 0.29) is 12.7 Å². The number of nitrogens with one attached hydrogen (secondary N) is 1. The molecule has 0 spiro atoms. The van der Waals surface area contributed by atoms with E-state index in [1.807, 2.05) is 19.0 Å². The summed E-state index contributed by atoms with van der Waals surface area (Å²) >= 11 is 0. The average Bonchev–Trinajstić information content (AvgIpc) is 3.10. The second-order valence-electron chi connectivity index (χ2n) is 13.3. The van der Waals surface area contributed by atoms with Crippen molar-refractivity contribution >= 4 is 6.09 Å². The summed E-state index contributed by atoms with van der Waals surface area (Å²) in [5.74, 6) is 0. The molecule has 1 atom stereocenters. The smallest absolute Gasteiger partial charge is 0.407 e. The summed E-state index contributed by atoms with van der Waals surface area (Å²) in [6.07, 6.45) is 49.8. The minimum absolute atomic E-state index is 0.216. The molecule has 1 unspecified atom stereocenters. The van der Waals surface area contributed by atoms with Crippen molar-refractivity contribution in [2.45, 2.75) is 148 Å². The summed E-state index contributed by atoms with van der Waals surface area (Å²) in [7, 11) is 3.96. The van der Waals surface area contributed by atoms with Crippen LogP contribution in [0, 0.1) is 0 Å². The highest BCUT2D eigenvalue weighted by Crippen LogP contribution is 2.10. The molecule has 50 heavy (non-hydrogen) atoms. The molecule has 0 saturated heterocycles. The fraction of sp³-hybridized carbons (Fsp3) is 0.705. The topological polar surface area (TPSA) is 60.0 Å². The lowest BCUT2D eigenvalue weighted by atomic mass is 10.1. The molecule has 288 valence electrons. The molecular formula is C44H78N2O4. The first-order valence-electron chi connectivity index (χ1n) is 20.2. The largest absolute Gasteiger partial charge is 0.447 e. The van der Waals surface area contributed by atoms with Crippen LogP contribution in [0.5, 0.6) is 0 Å². The number of hydrogen-bond donors (Lipinski definition) is 1. The Balaban J connectivity index is 4.02. The van der Waals surface area contributed by atoms with Crippen LogP contribution in [0.1, 0.15) is 142 Å². The Morgan fingerprint density at radius 3 is 1.50 bits per heavy atom. The van der Waals surface area contributed by atoms with Crippen LogP contribution in [0.3, 0.4) is 0 Å². The Hall–Kier alpha value is -2.41. The van der Waals surface area contributed by atoms with Crippen LogP contribution < -0.4 is 5.32 Å². The molecule has 0 fully saturated rings. The molecule has 1 amide bonds. The van der Waals surface area contributed by atoms with Gasteiger partial charge in [0.05, 0.1) is 6.61 Å². The number of carbonyl (C=O) groups is 1. The molecular weight excluding hydrogens is 620 g/mol. The lowest BCUT2D eigenvalue weighted by Crippen LogP contribution is -2.35. The summed E-state index contributed by atoms with van der Waals surface area (Å²) in [5.41, 5.74) is 0. The maximum atomic E-state index is 12.1. The van der Waals surface area contributed by atoms with E-state index >= 15 is 0 Å². The number of alkyl carbamates (subject to hydrolysis) is 1. The SMILES string of the molecule is CC/C=C\C/C=C\C/C=C\CCCCCCCCOCC(COC(=O)NCCN(C)C)OCCCCCCCC/C=C\C/C=C\C/C=C\CC. The predicted molar refractivity (Wildman–Crippen MR) is 217 cm³/mol. The van der Waals surface area contributed by atoms with Crippen molar-refractivity contribution in [1.29, 1.82) is 0 Å². The number of nitrogens with zero attached hydrogens (tertiary/aromatic N) is 1. The van der Waals surface area contributed by atoms with Crippen molar-refractivity contribution in [3.63, 3.8) is 0 Å². The van der Waals surface area contributed by atoms with E-state index < -0.39 is 6.09 Å². The van der Waals surface area contributed by atoms with Gasteiger partial charge in [-0.2, -0.15) is 0 Å². The van der Waals surface area contributed by atoms with Crippen LogP contribution in [0.2, 0.25) is 0 Å². The molecule has 0 saturated carbocycles. The Bertz CT molecular complexity index is 890. The van der Waals surface area contributed by atoms with E-state index in [0.29, 0.717) is 19.8 Å². The molecule has 6 nitrogen and oxygen atoms in total. The van der Waals surface area contributed by atoms with Crippen LogP contribution in [-0.4, -0.2) is 70.7 Å². The first-order chi connectivity index (χ1) is 24.6. The third-order valence-electron chi connectivity index (χ3n) is 8.12. The lowest BCUT2D eigenvalue weighted by molar-refractivity contribution is -0.0468. The van der Waals surface area contributed by atoms with Gasteiger partial charge in [-0.1, -0.05) is 138 Å². The van der Waals surface area contributed by atoms with Crippen LogP contribution in [0.15, 0.2) is 72.9 Å². The molecule has 0 aliphatic rings. The fourth-order valence-corrected chi connectivity index (χ4v) is 5.11. The van der Waals surface area contributed by atoms with Crippen molar-refractivity contribution in [1.82, 2.24) is 10.2 Å². The van der Waals surface area contributed by atoms with Crippen LogP contribution in [0.4, 0.5) is 4.79 Å². The summed E-state index contributed by atoms with van der Waals surface area (Å²) in [4.78, 5) is 14.2. The van der Waals surface area contributed by atoms with E-state index in [0.717, 1.165) is 70.9 Å². The lowest BCUT2D eigenvalue weighted by Gasteiger charge is -2.19. The third-order valence-corrected chi connectivity index (χ3v) is 8.12. The minimum Gasteiger partial charge on any atom is -0.447 e. The minimum atomic E-state index is -0.394. The van der Waals surface area contributed by atoms with E-state index in [9.17, 15) is 4.79 Å². The highest BCUT2D eigenvalue weighted by Gasteiger charge is 2.13. The van der Waals surface area contributed by atoms with Crippen molar-refractivity contribution < 1.29 is 19.0 Å². The van der Waals surface area contributed by atoms with E-state index in [2.05, 4.69) is 92.1 Å². The molecule has 0 aliphatic carbocycles. The zero-order valence-electron chi connectivity index (χ0n) is 33.0. The predicted octanol–water partition coefficient (Wildman–Crippen LogP) is 11.9. The van der Waals surface area contributed by atoms with E-state index in [4.69, 9.17) is 14.2 Å². The number of carbonyl (C=O) groups excluding carboxylic acids is 1. The number of amides is 1. The highest BCUT2D eigenvalue weighted by atomic mass is 16.6. The monoisotopic (exact) mass is 699 g/mol. The van der Waals surface area contributed by atoms with Crippen molar-refractivity contribution in [3.8, 4) is 0 Å². The molecule has 0 aliphatic heterocycles. The summed E-state index contributed by atoms with van der Waals surface area (Å²) in [6, 6.07) is 0. The molecule has 0 heterocycles. The van der Waals surface area contributed by atoms with Gasteiger partial charge in [0.25, 0.3) is 0 Å². The molecule has 1 N–H and O–H groups in total. The molecule has 0 aromatic heterocycles. The van der Waals surface area contributed by atoms with Gasteiger partial charge in [-0.15, -0.1) is 0 Å². The van der Waals surface area contributed by atoms with Crippen molar-refractivity contribution in [3.05, 3.63) is 72.9 Å². The van der Waals surface area contributed by atoms with Crippen LogP contribution in [-0.2, 0) is 14.2 Å². The highest BCUT2D eigenvalue weighted by molar-refractivity contribution is 5.67. The number of likely N-dealkylation sites (N-methyl/N-ethyl adjacent to an activating group) is 1. The number of ether oxygens (including phenoxy) is 3. The van der Waals surface area contributed by atoms with Gasteiger partial charge >= 0.3 is 6.09 Å². The van der Waals surface area contributed by atoms with Gasteiger partial charge in [0.15, 0.2) is 0 Å². The Morgan fingerprint density at radius 1 is 0.560 bits per heavy atom. The number of rotatable bonds is 36. The fourth-order valence-electron chi connectivity index (χ4n) is 5.11. The number of hydrogen-bond acceptors (Lipinski definition) is 5. The summed E-state index contributed by atoms with van der Waals surface area (Å²) in [6.45, 7) is 7.74. The van der Waals surface area contributed by atoms with Crippen molar-refractivity contribution in [2.75, 3.05) is 53.6 Å². The molecule has 0 aromatic rings. The van der Waals surface area contributed by atoms with Crippen LogP contribution in [0.25, 0.3) is 0 Å². The maximum absolute atomic E-state index is 12.1. The van der Waals surface area contributed by atoms with Gasteiger partial charge in [-0.25, -0.2) is 4.79 Å². The second kappa shape index (κ2) is 41.0. The van der Waals surface area contributed by atoms with Gasteiger partial charge in [0.2, 0.25) is 0 Å². The summed E-state index contributed by atoms with van der Waals surface area (Å²) < 4.78 is 17.6. The standard InChI is InChI=1S/C44H78N2O4/c1-5-7-9-11-13-15-17-19-21-23-25-27-29-31-33-35-39-48-41-43(42-50-44(47)45-37-38-46(3)4)49-40-36-34-32-30-28-26-24-22-20-18-16-14-12-10-8-6-2/h7-10,13-16,19-22,43H,5-6,11-12,17-18,23-42H2,1-4H3,(H,45,47)/b9-7-,10-8-,15-13-,16-14-,21-19-,22-20-. The van der Waals surface area contributed by atoms with Gasteiger partial charge in [0, 0.05) is 26.3 Å². The Labute approximate surface area is 309 Å². The first kappa shape index (κ1) is 47.6. The Kier molecular flexibility index (Phi) is 39.0. The van der Waals surface area contributed by atoms with Gasteiger partial charge in [-0.05, 0) is 91.1 Å². The molecule has 0 bridgehead atoms. The number of allylic oxidation sites excluding steroid dienone is 12. The normalized spacial score (nSPS) is 13.1. The first-order valence-corrected chi connectivity index (χ1v) is 20.2. The average molecular weight is 699 g/mol. The quantitative estimate of drug-likeness (QED) is 0.0521.